The van der Waals surface area contributed by atoms with Crippen molar-refractivity contribution in [2.24, 2.45) is 5.92 Å². The number of nitrogens with one attached hydrogen (secondary N) is 1. The maximum Gasteiger partial charge on any atom is 0.308 e. The van der Waals surface area contributed by atoms with Crippen LogP contribution in [-0.4, -0.2) is 35.3 Å². The van der Waals surface area contributed by atoms with Gasteiger partial charge in [0.15, 0.2) is 11.5 Å². The average Bonchev–Trinajstić information content (AvgIpc) is 2.98. The van der Waals surface area contributed by atoms with Crippen LogP contribution in [0.1, 0.15) is 35.5 Å². The molecule has 2 N–H and O–H groups in total. The van der Waals surface area contributed by atoms with Crippen LogP contribution in [0, 0.1) is 5.92 Å². The van der Waals surface area contributed by atoms with Crippen molar-refractivity contribution in [2.75, 3.05) is 7.11 Å². The van der Waals surface area contributed by atoms with E-state index in [2.05, 4.69) is 10.5 Å². The summed E-state index contributed by atoms with van der Waals surface area (Å²) in [6.07, 6.45) is 2.06. The fraction of sp³-hybridized carbons (Fsp3) is 0.583. The molecule has 0 aromatic carbocycles. The number of carboxylic acid groups (broad SMARTS) is 1. The van der Waals surface area contributed by atoms with Crippen molar-refractivity contribution in [3.05, 3.63) is 17.5 Å². The van der Waals surface area contributed by atoms with E-state index < -0.39 is 17.8 Å². The van der Waals surface area contributed by atoms with Gasteiger partial charge in [-0.25, -0.2) is 0 Å². The first-order chi connectivity index (χ1) is 9.11. The zero-order chi connectivity index (χ0) is 13.8. The highest BCUT2D eigenvalue weighted by Crippen LogP contribution is 2.26. The Morgan fingerprint density at radius 1 is 1.58 bits per heavy atom. The van der Waals surface area contributed by atoms with Crippen LogP contribution in [0.15, 0.2) is 10.6 Å². The first-order valence-corrected chi connectivity index (χ1v) is 6.10. The van der Waals surface area contributed by atoms with Gasteiger partial charge < -0.3 is 19.7 Å². The Morgan fingerprint density at radius 2 is 2.37 bits per heavy atom. The minimum atomic E-state index is -0.872. The van der Waals surface area contributed by atoms with E-state index in [1.54, 1.807) is 0 Å². The third kappa shape index (κ3) is 3.11. The lowest BCUT2D eigenvalue weighted by Crippen LogP contribution is -2.40. The summed E-state index contributed by atoms with van der Waals surface area (Å²) in [6.45, 7) is 0.238. The standard InChI is InChI=1S/C12H16N2O5/c1-18-6-7-5-10(14-19-7)11(15)13-9-4-2-3-8(9)12(16)17/h5,8-9H,2-4,6H2,1H3,(H,13,15)(H,16,17). The monoisotopic (exact) mass is 268 g/mol. The predicted octanol–water partition coefficient (Wildman–Crippen LogP) is 0.804. The van der Waals surface area contributed by atoms with E-state index in [9.17, 15) is 9.59 Å². The van der Waals surface area contributed by atoms with Crippen molar-refractivity contribution in [3.63, 3.8) is 0 Å². The zero-order valence-corrected chi connectivity index (χ0v) is 10.6. The molecule has 7 heteroatoms. The Kier molecular flexibility index (Phi) is 4.16. The van der Waals surface area contributed by atoms with E-state index in [0.29, 0.717) is 18.6 Å². The summed E-state index contributed by atoms with van der Waals surface area (Å²) in [5, 5.41) is 15.4. The number of nitrogens with zero attached hydrogens (tertiary/aromatic N) is 1. The minimum absolute atomic E-state index is 0.142. The number of carbonyl (C=O) groups is 2. The first kappa shape index (κ1) is 13.5. The number of methoxy groups -OCH3 is 1. The van der Waals surface area contributed by atoms with Crippen LogP contribution in [0.5, 0.6) is 0 Å². The zero-order valence-electron chi connectivity index (χ0n) is 10.6. The Morgan fingerprint density at radius 3 is 3.05 bits per heavy atom. The molecule has 2 atom stereocenters. The van der Waals surface area contributed by atoms with E-state index in [0.717, 1.165) is 6.42 Å². The highest BCUT2D eigenvalue weighted by Gasteiger charge is 2.34. The Balaban J connectivity index is 1.98. The van der Waals surface area contributed by atoms with Gasteiger partial charge in [-0.1, -0.05) is 11.6 Å². The number of rotatable bonds is 5. The van der Waals surface area contributed by atoms with Gasteiger partial charge in [-0.2, -0.15) is 0 Å². The number of hydrogen-bond acceptors (Lipinski definition) is 5. The van der Waals surface area contributed by atoms with E-state index in [-0.39, 0.29) is 18.3 Å². The molecule has 0 bridgehead atoms. The molecule has 0 saturated heterocycles. The fourth-order valence-electron chi connectivity index (χ4n) is 2.30. The quantitative estimate of drug-likeness (QED) is 0.819. The van der Waals surface area contributed by atoms with Crippen LogP contribution >= 0.6 is 0 Å². The SMILES string of the molecule is COCc1cc(C(=O)NC2CCCC2C(=O)O)no1. The smallest absolute Gasteiger partial charge is 0.308 e. The highest BCUT2D eigenvalue weighted by atomic mass is 16.5. The topological polar surface area (TPSA) is 102 Å². The van der Waals surface area contributed by atoms with Crippen LogP contribution in [0.4, 0.5) is 0 Å². The maximum atomic E-state index is 11.9. The molecule has 2 unspecified atom stereocenters. The summed E-state index contributed by atoms with van der Waals surface area (Å²) in [6, 6.07) is 1.15. The second kappa shape index (κ2) is 5.83. The molecule has 0 aliphatic heterocycles. The summed E-state index contributed by atoms with van der Waals surface area (Å²) < 4.78 is 9.77. The van der Waals surface area contributed by atoms with Gasteiger partial charge in [0.25, 0.3) is 5.91 Å². The summed E-state index contributed by atoms with van der Waals surface area (Å²) in [5.74, 6) is -1.35. The third-order valence-electron chi connectivity index (χ3n) is 3.23. The number of aliphatic carboxylic acids is 1. The van der Waals surface area contributed by atoms with Gasteiger partial charge in [-0.15, -0.1) is 0 Å². The van der Waals surface area contributed by atoms with E-state index in [1.165, 1.54) is 13.2 Å². The van der Waals surface area contributed by atoms with Crippen LogP contribution < -0.4 is 5.32 Å². The molecule has 1 aliphatic rings. The normalized spacial score (nSPS) is 22.4. The Bertz CT molecular complexity index is 470. The van der Waals surface area contributed by atoms with Gasteiger partial charge in [-0.05, 0) is 12.8 Å². The van der Waals surface area contributed by atoms with Crippen molar-refractivity contribution < 1.29 is 24.0 Å². The minimum Gasteiger partial charge on any atom is -0.481 e. The number of hydrogen-bond donors (Lipinski definition) is 2. The first-order valence-electron chi connectivity index (χ1n) is 6.10. The molecule has 0 radical (unpaired) electrons. The molecular weight excluding hydrogens is 252 g/mol. The highest BCUT2D eigenvalue weighted by molar-refractivity contribution is 5.92. The third-order valence-corrected chi connectivity index (χ3v) is 3.23. The lowest BCUT2D eigenvalue weighted by Gasteiger charge is -2.16. The number of carbonyl (C=O) groups excluding carboxylic acids is 1. The van der Waals surface area contributed by atoms with Crippen molar-refractivity contribution >= 4 is 11.9 Å². The van der Waals surface area contributed by atoms with Gasteiger partial charge in [-0.3, -0.25) is 9.59 Å². The second-order valence-corrected chi connectivity index (χ2v) is 4.57. The maximum absolute atomic E-state index is 11.9. The molecular formula is C12H16N2O5. The fourth-order valence-corrected chi connectivity index (χ4v) is 2.30. The lowest BCUT2D eigenvalue weighted by atomic mass is 10.0. The van der Waals surface area contributed by atoms with Gasteiger partial charge >= 0.3 is 5.97 Å². The summed E-state index contributed by atoms with van der Waals surface area (Å²) in [7, 11) is 1.51. The summed E-state index contributed by atoms with van der Waals surface area (Å²) >= 11 is 0. The molecule has 1 saturated carbocycles. The van der Waals surface area contributed by atoms with Crippen LogP contribution in [-0.2, 0) is 16.1 Å². The molecule has 1 aliphatic carbocycles. The van der Waals surface area contributed by atoms with Crippen LogP contribution in [0.3, 0.4) is 0 Å². The van der Waals surface area contributed by atoms with E-state index in [1.807, 2.05) is 0 Å². The average molecular weight is 268 g/mol. The Labute approximate surface area is 109 Å². The Hall–Kier alpha value is -1.89. The number of aromatic nitrogens is 1. The van der Waals surface area contributed by atoms with Gasteiger partial charge in [0.05, 0.1) is 5.92 Å². The summed E-state index contributed by atoms with van der Waals surface area (Å²) in [5.41, 5.74) is 0.142. The number of amides is 1. The molecule has 1 aromatic heterocycles. The van der Waals surface area contributed by atoms with E-state index >= 15 is 0 Å². The van der Waals surface area contributed by atoms with E-state index in [4.69, 9.17) is 14.4 Å². The van der Waals surface area contributed by atoms with Gasteiger partial charge in [0.1, 0.15) is 6.61 Å². The molecule has 104 valence electrons. The van der Waals surface area contributed by atoms with Crippen molar-refractivity contribution in [1.82, 2.24) is 10.5 Å². The molecule has 1 aromatic rings. The molecule has 1 amide bonds. The number of carboxylic acids is 1. The van der Waals surface area contributed by atoms with Crippen molar-refractivity contribution in [2.45, 2.75) is 31.9 Å². The predicted molar refractivity (Wildman–Crippen MR) is 63.4 cm³/mol. The molecule has 0 spiro atoms. The lowest BCUT2D eigenvalue weighted by molar-refractivity contribution is -0.142. The second-order valence-electron chi connectivity index (χ2n) is 4.57. The molecule has 7 nitrogen and oxygen atoms in total. The summed E-state index contributed by atoms with van der Waals surface area (Å²) in [4.78, 5) is 22.9. The molecule has 1 fully saturated rings. The molecule has 19 heavy (non-hydrogen) atoms. The molecule has 1 heterocycles. The van der Waals surface area contributed by atoms with Crippen LogP contribution in [0.2, 0.25) is 0 Å². The van der Waals surface area contributed by atoms with Crippen LogP contribution in [0.25, 0.3) is 0 Å². The number of ether oxygens (including phenoxy) is 1. The molecule has 2 rings (SSSR count). The van der Waals surface area contributed by atoms with Gasteiger partial charge in [0.2, 0.25) is 0 Å². The van der Waals surface area contributed by atoms with Crippen molar-refractivity contribution in [1.29, 1.82) is 0 Å². The van der Waals surface area contributed by atoms with Gasteiger partial charge in [0, 0.05) is 19.2 Å². The van der Waals surface area contributed by atoms with Crippen molar-refractivity contribution in [3.8, 4) is 0 Å². The largest absolute Gasteiger partial charge is 0.481 e.